The van der Waals surface area contributed by atoms with Crippen LogP contribution in [0, 0.1) is 0 Å². The Kier molecular flexibility index (Phi) is 4.65. The van der Waals surface area contributed by atoms with Crippen molar-refractivity contribution in [3.63, 3.8) is 0 Å². The predicted molar refractivity (Wildman–Crippen MR) is 104 cm³/mol. The first-order valence-corrected chi connectivity index (χ1v) is 9.73. The second-order valence-corrected chi connectivity index (χ2v) is 7.34. The van der Waals surface area contributed by atoms with Gasteiger partial charge in [0.25, 0.3) is 0 Å². The molecule has 1 aliphatic rings. The molecule has 1 atom stereocenters. The van der Waals surface area contributed by atoms with Gasteiger partial charge in [0, 0.05) is 17.5 Å². The molecule has 3 heterocycles. The molecule has 0 saturated heterocycles. The predicted octanol–water partition coefficient (Wildman–Crippen LogP) is 5.10. The molecule has 132 valence electrons. The highest BCUT2D eigenvalue weighted by atomic mass is 79.9. The fourth-order valence-electron chi connectivity index (χ4n) is 3.03. The van der Waals surface area contributed by atoms with Gasteiger partial charge in [-0.05, 0) is 51.0 Å². The number of amides is 1. The van der Waals surface area contributed by atoms with E-state index in [-0.39, 0.29) is 17.7 Å². The standard InChI is InChI=1S/C19H15BrN2O3S/c1-24-16-5-3-2-4-13(16)15-10-14(12-8-9-26-11-12)21-22(15)19(23)17-6-7-18(20)25-17/h2-9,11,15H,10H2,1H3/t15-/m0/s1. The maximum absolute atomic E-state index is 13.0. The van der Waals surface area contributed by atoms with Crippen LogP contribution < -0.4 is 4.74 Å². The quantitative estimate of drug-likeness (QED) is 0.578. The highest BCUT2D eigenvalue weighted by Crippen LogP contribution is 2.38. The van der Waals surface area contributed by atoms with Crippen LogP contribution in [0.15, 0.2) is 67.4 Å². The van der Waals surface area contributed by atoms with Gasteiger partial charge in [-0.25, -0.2) is 5.01 Å². The SMILES string of the molecule is COc1ccccc1[C@@H]1CC(c2ccsc2)=NN1C(=O)c1ccc(Br)o1. The molecule has 3 aromatic rings. The van der Waals surface area contributed by atoms with Crippen molar-refractivity contribution in [2.45, 2.75) is 12.5 Å². The second kappa shape index (κ2) is 7.09. The maximum Gasteiger partial charge on any atom is 0.310 e. The number of hydrazone groups is 1. The minimum Gasteiger partial charge on any atom is -0.496 e. The van der Waals surface area contributed by atoms with E-state index in [0.29, 0.717) is 11.1 Å². The smallest absolute Gasteiger partial charge is 0.310 e. The second-order valence-electron chi connectivity index (χ2n) is 5.77. The molecule has 4 rings (SSSR count). The summed E-state index contributed by atoms with van der Waals surface area (Å²) in [5, 5.41) is 10.2. The molecule has 0 aliphatic carbocycles. The van der Waals surface area contributed by atoms with Crippen molar-refractivity contribution in [3.05, 3.63) is 74.8 Å². The average Bonchev–Trinajstić information content (AvgIpc) is 3.40. The Hall–Kier alpha value is -2.38. The molecule has 0 spiro atoms. The van der Waals surface area contributed by atoms with E-state index in [4.69, 9.17) is 9.15 Å². The molecule has 0 N–H and O–H groups in total. The van der Waals surface area contributed by atoms with Crippen LogP contribution in [0.2, 0.25) is 0 Å². The highest BCUT2D eigenvalue weighted by Gasteiger charge is 2.36. The lowest BCUT2D eigenvalue weighted by atomic mass is 9.98. The Labute approximate surface area is 163 Å². The first kappa shape index (κ1) is 17.1. The number of hydrogen-bond donors (Lipinski definition) is 0. The number of methoxy groups -OCH3 is 1. The minimum atomic E-state index is -0.281. The molecule has 0 saturated carbocycles. The fraction of sp³-hybridized carbons (Fsp3) is 0.158. The molecule has 7 heteroatoms. The van der Waals surface area contributed by atoms with Crippen molar-refractivity contribution in [2.24, 2.45) is 5.10 Å². The summed E-state index contributed by atoms with van der Waals surface area (Å²) in [6.07, 6.45) is 0.616. The molecule has 2 aromatic heterocycles. The van der Waals surface area contributed by atoms with E-state index in [1.54, 1.807) is 30.6 Å². The van der Waals surface area contributed by atoms with Gasteiger partial charge in [0.2, 0.25) is 0 Å². The van der Waals surface area contributed by atoms with E-state index < -0.39 is 0 Å². The Bertz CT molecular complexity index is 965. The zero-order chi connectivity index (χ0) is 18.1. The summed E-state index contributed by atoms with van der Waals surface area (Å²) >= 11 is 4.85. The highest BCUT2D eigenvalue weighted by molar-refractivity contribution is 9.10. The first-order chi connectivity index (χ1) is 12.7. The van der Waals surface area contributed by atoms with E-state index >= 15 is 0 Å². The Morgan fingerprint density at radius 3 is 2.85 bits per heavy atom. The van der Waals surface area contributed by atoms with Crippen LogP contribution in [0.4, 0.5) is 0 Å². The number of benzene rings is 1. The minimum absolute atomic E-state index is 0.243. The summed E-state index contributed by atoms with van der Waals surface area (Å²) in [4.78, 5) is 13.0. The fourth-order valence-corrected chi connectivity index (χ4v) is 4.00. The number of carbonyl (C=O) groups excluding carboxylic acids is 1. The summed E-state index contributed by atoms with van der Waals surface area (Å²) < 4.78 is 11.5. The van der Waals surface area contributed by atoms with Crippen molar-refractivity contribution in [1.82, 2.24) is 5.01 Å². The van der Waals surface area contributed by atoms with Crippen molar-refractivity contribution < 1.29 is 13.9 Å². The van der Waals surface area contributed by atoms with Crippen molar-refractivity contribution in [1.29, 1.82) is 0 Å². The third kappa shape index (κ3) is 3.08. The van der Waals surface area contributed by atoms with Gasteiger partial charge in [-0.2, -0.15) is 16.4 Å². The summed E-state index contributed by atoms with van der Waals surface area (Å²) in [6, 6.07) is 12.8. The van der Waals surface area contributed by atoms with Crippen LogP contribution in [0.25, 0.3) is 0 Å². The Morgan fingerprint density at radius 1 is 1.31 bits per heavy atom. The number of rotatable bonds is 4. The number of halogens is 1. The number of hydrogen-bond acceptors (Lipinski definition) is 5. The number of nitrogens with zero attached hydrogens (tertiary/aromatic N) is 2. The molecule has 1 aromatic carbocycles. The number of ether oxygens (including phenoxy) is 1. The number of furan rings is 1. The van der Waals surface area contributed by atoms with Crippen LogP contribution >= 0.6 is 27.3 Å². The van der Waals surface area contributed by atoms with Crippen LogP contribution in [0.1, 0.15) is 34.1 Å². The third-order valence-corrected chi connectivity index (χ3v) is 5.36. The van der Waals surface area contributed by atoms with Gasteiger partial charge in [0.15, 0.2) is 10.4 Å². The van der Waals surface area contributed by atoms with Crippen LogP contribution in [0.3, 0.4) is 0 Å². The zero-order valence-corrected chi connectivity index (χ0v) is 16.3. The van der Waals surface area contributed by atoms with Crippen molar-refractivity contribution in [3.8, 4) is 5.75 Å². The summed E-state index contributed by atoms with van der Waals surface area (Å²) in [5.41, 5.74) is 2.83. The first-order valence-electron chi connectivity index (χ1n) is 7.99. The maximum atomic E-state index is 13.0. The van der Waals surface area contributed by atoms with Gasteiger partial charge < -0.3 is 9.15 Å². The molecule has 5 nitrogen and oxygen atoms in total. The van der Waals surface area contributed by atoms with Gasteiger partial charge in [-0.15, -0.1) is 0 Å². The normalized spacial score (nSPS) is 16.6. The molecule has 1 amide bonds. The van der Waals surface area contributed by atoms with E-state index in [1.807, 2.05) is 41.1 Å². The topological polar surface area (TPSA) is 55.0 Å². The molecule has 26 heavy (non-hydrogen) atoms. The molecule has 0 fully saturated rings. The van der Waals surface area contributed by atoms with Crippen LogP contribution in [0.5, 0.6) is 5.75 Å². The summed E-state index contributed by atoms with van der Waals surface area (Å²) in [7, 11) is 1.63. The molecule has 0 radical (unpaired) electrons. The van der Waals surface area contributed by atoms with Gasteiger partial charge in [0.05, 0.1) is 18.9 Å². The lowest BCUT2D eigenvalue weighted by molar-refractivity contribution is 0.0675. The van der Waals surface area contributed by atoms with Crippen molar-refractivity contribution >= 4 is 38.9 Å². The van der Waals surface area contributed by atoms with Crippen LogP contribution in [-0.2, 0) is 0 Å². The lowest BCUT2D eigenvalue weighted by Crippen LogP contribution is -2.27. The Morgan fingerprint density at radius 2 is 2.15 bits per heavy atom. The molecule has 0 unspecified atom stereocenters. The summed E-state index contributed by atoms with van der Waals surface area (Å²) in [5.74, 6) is 0.696. The molecular weight excluding hydrogens is 416 g/mol. The zero-order valence-electron chi connectivity index (χ0n) is 13.9. The van der Waals surface area contributed by atoms with Gasteiger partial charge >= 0.3 is 5.91 Å². The lowest BCUT2D eigenvalue weighted by Gasteiger charge is -2.22. The monoisotopic (exact) mass is 430 g/mol. The van der Waals surface area contributed by atoms with Crippen molar-refractivity contribution in [2.75, 3.05) is 7.11 Å². The summed E-state index contributed by atoms with van der Waals surface area (Å²) in [6.45, 7) is 0. The molecule has 1 aliphatic heterocycles. The number of thiophene rings is 1. The third-order valence-electron chi connectivity index (χ3n) is 4.25. The number of para-hydroxylation sites is 1. The van der Waals surface area contributed by atoms with E-state index in [2.05, 4.69) is 21.0 Å². The van der Waals surface area contributed by atoms with E-state index in [1.165, 1.54) is 5.01 Å². The average molecular weight is 431 g/mol. The van der Waals surface area contributed by atoms with Crippen LogP contribution in [-0.4, -0.2) is 23.7 Å². The molecule has 0 bridgehead atoms. The van der Waals surface area contributed by atoms with E-state index in [9.17, 15) is 4.79 Å². The number of carbonyl (C=O) groups is 1. The van der Waals surface area contributed by atoms with Gasteiger partial charge in [-0.1, -0.05) is 18.2 Å². The van der Waals surface area contributed by atoms with E-state index in [0.717, 1.165) is 22.6 Å². The van der Waals surface area contributed by atoms with Gasteiger partial charge in [0.1, 0.15) is 5.75 Å². The van der Waals surface area contributed by atoms with Gasteiger partial charge in [-0.3, -0.25) is 4.79 Å². The molecular formula is C19H15BrN2O3S. The largest absolute Gasteiger partial charge is 0.496 e. The Balaban J connectivity index is 1.75.